The lowest BCUT2D eigenvalue weighted by Gasteiger charge is -2.10. The predicted molar refractivity (Wildman–Crippen MR) is 48.5 cm³/mol. The molecule has 2 N–H and O–H groups in total. The summed E-state index contributed by atoms with van der Waals surface area (Å²) in [4.78, 5) is 11.1. The monoisotopic (exact) mass is 184 g/mol. The van der Waals surface area contributed by atoms with E-state index in [2.05, 4.69) is 10.6 Å². The van der Waals surface area contributed by atoms with Crippen molar-refractivity contribution in [2.24, 2.45) is 0 Å². The van der Waals surface area contributed by atoms with E-state index in [1.165, 1.54) is 6.42 Å². The molecule has 0 aromatic carbocycles. The van der Waals surface area contributed by atoms with Crippen molar-refractivity contribution in [3.05, 3.63) is 0 Å². The fraction of sp³-hybridized carbons (Fsp3) is 0.889. The molecule has 13 heavy (non-hydrogen) atoms. The average molecular weight is 184 g/mol. The number of amides is 1. The van der Waals surface area contributed by atoms with Crippen molar-refractivity contribution in [1.29, 1.82) is 0 Å². The van der Waals surface area contributed by atoms with E-state index in [-0.39, 0.29) is 6.09 Å². The van der Waals surface area contributed by atoms with Crippen molar-refractivity contribution >= 4 is 6.09 Å². The van der Waals surface area contributed by atoms with Gasteiger partial charge in [-0.25, -0.2) is 4.79 Å². The molecule has 1 atom stereocenters. The summed E-state index contributed by atoms with van der Waals surface area (Å²) in [6, 6.07) is 0.772. The summed E-state index contributed by atoms with van der Waals surface area (Å²) >= 11 is 0. The van der Waals surface area contributed by atoms with Crippen LogP contribution in [0.4, 0.5) is 4.79 Å². The number of carbonyl (C=O) groups excluding carboxylic acids is 1. The molecule has 1 aliphatic carbocycles. The third-order valence-corrected chi connectivity index (χ3v) is 2.48. The maximum absolute atomic E-state index is 11.1. The smallest absolute Gasteiger partial charge is 0.407 e. The molecule has 0 aromatic heterocycles. The van der Waals surface area contributed by atoms with Crippen LogP contribution in [0.1, 0.15) is 25.7 Å². The molecule has 1 saturated carbocycles. The average Bonchev–Trinajstić information content (AvgIpc) is 2.78. The van der Waals surface area contributed by atoms with E-state index in [9.17, 15) is 4.79 Å². The fourth-order valence-corrected chi connectivity index (χ4v) is 1.51. The van der Waals surface area contributed by atoms with Crippen molar-refractivity contribution in [3.8, 4) is 0 Å². The minimum absolute atomic E-state index is 0.254. The van der Waals surface area contributed by atoms with Crippen LogP contribution in [0.2, 0.25) is 0 Å². The Morgan fingerprint density at radius 1 is 1.46 bits per heavy atom. The van der Waals surface area contributed by atoms with Gasteiger partial charge in [0.1, 0.15) is 6.61 Å². The number of alkyl carbamates (subject to hydrolysis) is 1. The van der Waals surface area contributed by atoms with Gasteiger partial charge in [-0.1, -0.05) is 0 Å². The van der Waals surface area contributed by atoms with Gasteiger partial charge in [-0.3, -0.25) is 0 Å². The summed E-state index contributed by atoms with van der Waals surface area (Å²) in [6.45, 7) is 1.57. The Kier molecular flexibility index (Phi) is 2.68. The van der Waals surface area contributed by atoms with Crippen LogP contribution in [0.15, 0.2) is 0 Å². The van der Waals surface area contributed by atoms with Crippen LogP contribution in [0, 0.1) is 0 Å². The molecule has 0 aromatic rings. The van der Waals surface area contributed by atoms with Crippen LogP contribution in [0.5, 0.6) is 0 Å². The number of nitrogens with one attached hydrogen (secondary N) is 2. The molecule has 1 saturated heterocycles. The van der Waals surface area contributed by atoms with Crippen molar-refractivity contribution in [2.75, 3.05) is 13.2 Å². The van der Waals surface area contributed by atoms with Crippen LogP contribution in [0.25, 0.3) is 0 Å². The normalized spacial score (nSPS) is 27.2. The molecule has 0 radical (unpaired) electrons. The molecule has 2 rings (SSSR count). The Bertz CT molecular complexity index is 186. The Hall–Kier alpha value is -0.770. The summed E-state index contributed by atoms with van der Waals surface area (Å²) in [5.41, 5.74) is 0. The Labute approximate surface area is 78.0 Å². The van der Waals surface area contributed by atoms with Gasteiger partial charge in [-0.05, 0) is 32.2 Å². The van der Waals surface area contributed by atoms with E-state index in [0.29, 0.717) is 18.7 Å². The minimum Gasteiger partial charge on any atom is -0.448 e. The maximum Gasteiger partial charge on any atom is 0.407 e. The molecule has 0 bridgehead atoms. The van der Waals surface area contributed by atoms with Gasteiger partial charge in [0.25, 0.3) is 0 Å². The lowest BCUT2D eigenvalue weighted by atomic mass is 10.2. The van der Waals surface area contributed by atoms with E-state index in [1.54, 1.807) is 0 Å². The molecule has 2 fully saturated rings. The zero-order valence-corrected chi connectivity index (χ0v) is 7.71. The Morgan fingerprint density at radius 3 is 2.92 bits per heavy atom. The first kappa shape index (κ1) is 8.81. The molecule has 2 aliphatic rings. The van der Waals surface area contributed by atoms with Gasteiger partial charge < -0.3 is 15.4 Å². The second-order valence-electron chi connectivity index (χ2n) is 3.81. The minimum atomic E-state index is -0.254. The van der Waals surface area contributed by atoms with E-state index in [0.717, 1.165) is 25.8 Å². The standard InChI is InChI=1S/C9H16N2O2/c12-9(11-7-3-4-7)13-6-8-2-1-5-10-8/h7-8,10H,1-6H2,(H,11,12). The van der Waals surface area contributed by atoms with Crippen molar-refractivity contribution in [3.63, 3.8) is 0 Å². The SMILES string of the molecule is O=C(NC1CC1)OCC1CCCN1. The number of ether oxygens (including phenoxy) is 1. The van der Waals surface area contributed by atoms with Crippen LogP contribution in [0.3, 0.4) is 0 Å². The Morgan fingerprint density at radius 2 is 2.31 bits per heavy atom. The molecule has 1 unspecified atom stereocenters. The molecule has 1 heterocycles. The second-order valence-corrected chi connectivity index (χ2v) is 3.81. The largest absolute Gasteiger partial charge is 0.448 e. The molecule has 0 spiro atoms. The number of rotatable bonds is 3. The van der Waals surface area contributed by atoms with Crippen LogP contribution in [-0.2, 0) is 4.74 Å². The third kappa shape index (κ3) is 2.88. The van der Waals surface area contributed by atoms with Crippen LogP contribution in [-0.4, -0.2) is 31.3 Å². The zero-order valence-electron chi connectivity index (χ0n) is 7.71. The summed E-state index contributed by atoms with van der Waals surface area (Å²) in [7, 11) is 0. The zero-order chi connectivity index (χ0) is 9.10. The Balaban J connectivity index is 1.57. The fourth-order valence-electron chi connectivity index (χ4n) is 1.51. The topological polar surface area (TPSA) is 50.4 Å². The maximum atomic E-state index is 11.1. The number of carbonyl (C=O) groups is 1. The first-order valence-electron chi connectivity index (χ1n) is 5.01. The molecule has 74 valence electrons. The third-order valence-electron chi connectivity index (χ3n) is 2.48. The summed E-state index contributed by atoms with van der Waals surface area (Å²) in [6.07, 6.45) is 4.28. The van der Waals surface area contributed by atoms with Crippen molar-refractivity contribution < 1.29 is 9.53 Å². The first-order chi connectivity index (χ1) is 6.34. The number of hydrogen-bond donors (Lipinski definition) is 2. The van der Waals surface area contributed by atoms with E-state index < -0.39 is 0 Å². The highest BCUT2D eigenvalue weighted by Crippen LogP contribution is 2.18. The van der Waals surface area contributed by atoms with Gasteiger partial charge in [0.15, 0.2) is 0 Å². The highest BCUT2D eigenvalue weighted by molar-refractivity contribution is 5.67. The van der Waals surface area contributed by atoms with E-state index >= 15 is 0 Å². The summed E-state index contributed by atoms with van der Waals surface area (Å²) < 4.78 is 5.06. The number of hydrogen-bond acceptors (Lipinski definition) is 3. The quantitative estimate of drug-likeness (QED) is 0.676. The second kappa shape index (κ2) is 3.96. The molecule has 1 amide bonds. The van der Waals surface area contributed by atoms with Gasteiger partial charge in [0, 0.05) is 12.1 Å². The lowest BCUT2D eigenvalue weighted by molar-refractivity contribution is 0.136. The summed E-state index contributed by atoms with van der Waals surface area (Å²) in [5, 5.41) is 6.06. The highest BCUT2D eigenvalue weighted by atomic mass is 16.5. The van der Waals surface area contributed by atoms with Crippen LogP contribution >= 0.6 is 0 Å². The van der Waals surface area contributed by atoms with E-state index in [1.807, 2.05) is 0 Å². The van der Waals surface area contributed by atoms with Gasteiger partial charge in [-0.15, -0.1) is 0 Å². The lowest BCUT2D eigenvalue weighted by Crippen LogP contribution is -2.33. The van der Waals surface area contributed by atoms with Crippen molar-refractivity contribution in [2.45, 2.75) is 37.8 Å². The molecule has 4 nitrogen and oxygen atoms in total. The van der Waals surface area contributed by atoms with Gasteiger partial charge >= 0.3 is 6.09 Å². The van der Waals surface area contributed by atoms with Gasteiger partial charge in [0.05, 0.1) is 0 Å². The van der Waals surface area contributed by atoms with Crippen molar-refractivity contribution in [1.82, 2.24) is 10.6 Å². The summed E-state index contributed by atoms with van der Waals surface area (Å²) in [5.74, 6) is 0. The first-order valence-corrected chi connectivity index (χ1v) is 5.01. The molecule has 1 aliphatic heterocycles. The van der Waals surface area contributed by atoms with E-state index in [4.69, 9.17) is 4.74 Å². The van der Waals surface area contributed by atoms with Gasteiger partial charge in [-0.2, -0.15) is 0 Å². The van der Waals surface area contributed by atoms with Crippen LogP contribution < -0.4 is 10.6 Å². The molecular formula is C9H16N2O2. The highest BCUT2D eigenvalue weighted by Gasteiger charge is 2.24. The molecular weight excluding hydrogens is 168 g/mol. The van der Waals surface area contributed by atoms with Gasteiger partial charge in [0.2, 0.25) is 0 Å². The molecule has 4 heteroatoms. The predicted octanol–water partition coefficient (Wildman–Crippen LogP) is 0.627.